The molecule has 0 aromatic rings. The quantitative estimate of drug-likeness (QED) is 0.552. The molecule has 0 radical (unpaired) electrons. The van der Waals surface area contributed by atoms with Crippen LogP contribution >= 0.6 is 0 Å². The maximum absolute atomic E-state index is 11.2. The molecule has 1 rings (SSSR count). The molecular weight excluding hydrogens is 158 g/mol. The van der Waals surface area contributed by atoms with Crippen molar-refractivity contribution in [2.45, 2.75) is 13.1 Å². The Bertz CT molecular complexity index is 163. The summed E-state index contributed by atoms with van der Waals surface area (Å²) in [6.45, 7) is 4.14. The van der Waals surface area contributed by atoms with Crippen LogP contribution in [0.1, 0.15) is 6.92 Å². The van der Waals surface area contributed by atoms with Gasteiger partial charge in [0.05, 0.1) is 19.3 Å². The van der Waals surface area contributed by atoms with Crippen LogP contribution < -0.4 is 11.1 Å². The first kappa shape index (κ1) is 9.28. The monoisotopic (exact) mass is 173 g/mol. The van der Waals surface area contributed by atoms with Gasteiger partial charge in [-0.15, -0.1) is 0 Å². The third-order valence-electron chi connectivity index (χ3n) is 1.73. The fraction of sp³-hybridized carbons (Fsp3) is 0.857. The van der Waals surface area contributed by atoms with E-state index in [1.54, 1.807) is 11.8 Å². The third-order valence-corrected chi connectivity index (χ3v) is 1.73. The fourth-order valence-electron chi connectivity index (χ4n) is 1.16. The fourth-order valence-corrected chi connectivity index (χ4v) is 1.16. The van der Waals surface area contributed by atoms with E-state index in [0.717, 1.165) is 6.54 Å². The van der Waals surface area contributed by atoms with Gasteiger partial charge in [-0.1, -0.05) is 0 Å². The highest BCUT2D eigenvalue weighted by molar-refractivity contribution is 5.67. The van der Waals surface area contributed by atoms with E-state index in [1.807, 2.05) is 0 Å². The molecule has 1 unspecified atom stereocenters. The second kappa shape index (κ2) is 4.27. The standard InChI is InChI=1S/C7H15N3O2/c1-2-12-7(11)10-4-3-9-6(8)5-10/h6,9H,2-5,8H2,1H3. The van der Waals surface area contributed by atoms with Crippen molar-refractivity contribution >= 4 is 6.09 Å². The Morgan fingerprint density at radius 3 is 3.17 bits per heavy atom. The number of ether oxygens (including phenoxy) is 1. The van der Waals surface area contributed by atoms with Gasteiger partial charge in [0.25, 0.3) is 0 Å². The Morgan fingerprint density at radius 2 is 2.58 bits per heavy atom. The molecular formula is C7H15N3O2. The molecule has 12 heavy (non-hydrogen) atoms. The van der Waals surface area contributed by atoms with Crippen LogP contribution in [-0.2, 0) is 4.74 Å². The third kappa shape index (κ3) is 2.35. The molecule has 0 aromatic carbocycles. The summed E-state index contributed by atoms with van der Waals surface area (Å²) < 4.78 is 4.83. The summed E-state index contributed by atoms with van der Waals surface area (Å²) in [6, 6.07) is 0. The summed E-state index contributed by atoms with van der Waals surface area (Å²) in [5.41, 5.74) is 5.60. The van der Waals surface area contributed by atoms with E-state index in [-0.39, 0.29) is 12.3 Å². The van der Waals surface area contributed by atoms with Crippen LogP contribution in [0.3, 0.4) is 0 Å². The van der Waals surface area contributed by atoms with Crippen molar-refractivity contribution in [1.29, 1.82) is 0 Å². The lowest BCUT2D eigenvalue weighted by atomic mass is 10.3. The Hall–Kier alpha value is -0.810. The smallest absolute Gasteiger partial charge is 0.409 e. The van der Waals surface area contributed by atoms with E-state index in [4.69, 9.17) is 10.5 Å². The summed E-state index contributed by atoms with van der Waals surface area (Å²) in [6.07, 6.45) is -0.391. The van der Waals surface area contributed by atoms with Crippen molar-refractivity contribution in [1.82, 2.24) is 10.2 Å². The molecule has 5 nitrogen and oxygen atoms in total. The van der Waals surface area contributed by atoms with Crippen molar-refractivity contribution < 1.29 is 9.53 Å². The molecule has 1 aliphatic rings. The molecule has 0 bridgehead atoms. The Balaban J connectivity index is 2.35. The van der Waals surface area contributed by atoms with Crippen LogP contribution in [0.4, 0.5) is 4.79 Å². The van der Waals surface area contributed by atoms with E-state index in [0.29, 0.717) is 19.7 Å². The Morgan fingerprint density at radius 1 is 1.83 bits per heavy atom. The first-order valence-corrected chi connectivity index (χ1v) is 4.14. The molecule has 1 saturated heterocycles. The molecule has 1 amide bonds. The van der Waals surface area contributed by atoms with Gasteiger partial charge in [0.1, 0.15) is 0 Å². The van der Waals surface area contributed by atoms with Crippen LogP contribution in [-0.4, -0.2) is 43.4 Å². The number of carbonyl (C=O) groups is 1. The highest BCUT2D eigenvalue weighted by atomic mass is 16.6. The first-order chi connectivity index (χ1) is 5.74. The van der Waals surface area contributed by atoms with E-state index >= 15 is 0 Å². The normalized spacial score (nSPS) is 23.8. The highest BCUT2D eigenvalue weighted by Gasteiger charge is 2.20. The molecule has 1 aliphatic heterocycles. The zero-order valence-electron chi connectivity index (χ0n) is 7.25. The maximum Gasteiger partial charge on any atom is 0.409 e. The largest absolute Gasteiger partial charge is 0.450 e. The lowest BCUT2D eigenvalue weighted by Crippen LogP contribution is -2.56. The number of nitrogens with one attached hydrogen (secondary N) is 1. The number of nitrogens with two attached hydrogens (primary N) is 1. The first-order valence-electron chi connectivity index (χ1n) is 4.14. The molecule has 0 aliphatic carbocycles. The van der Waals surface area contributed by atoms with Crippen molar-refractivity contribution in [3.8, 4) is 0 Å². The number of hydrogen-bond donors (Lipinski definition) is 2. The summed E-state index contributed by atoms with van der Waals surface area (Å²) in [5.74, 6) is 0. The topological polar surface area (TPSA) is 67.6 Å². The average Bonchev–Trinajstić information content (AvgIpc) is 2.05. The zero-order valence-corrected chi connectivity index (χ0v) is 7.25. The molecule has 0 saturated carbocycles. The summed E-state index contributed by atoms with van der Waals surface area (Å²) in [7, 11) is 0. The van der Waals surface area contributed by atoms with Crippen molar-refractivity contribution in [2.24, 2.45) is 5.73 Å². The van der Waals surface area contributed by atoms with Gasteiger partial charge in [-0.25, -0.2) is 4.79 Å². The SMILES string of the molecule is CCOC(=O)N1CCNC(N)C1. The lowest BCUT2D eigenvalue weighted by Gasteiger charge is -2.30. The number of hydrogen-bond acceptors (Lipinski definition) is 4. The van der Waals surface area contributed by atoms with Crippen molar-refractivity contribution in [3.63, 3.8) is 0 Å². The summed E-state index contributed by atoms with van der Waals surface area (Å²) in [4.78, 5) is 12.8. The van der Waals surface area contributed by atoms with Crippen molar-refractivity contribution in [2.75, 3.05) is 26.2 Å². The zero-order chi connectivity index (χ0) is 8.97. The van der Waals surface area contributed by atoms with E-state index < -0.39 is 0 Å². The van der Waals surface area contributed by atoms with Gasteiger partial charge < -0.3 is 15.4 Å². The van der Waals surface area contributed by atoms with E-state index in [2.05, 4.69) is 5.32 Å². The number of amides is 1. The summed E-state index contributed by atoms with van der Waals surface area (Å²) in [5, 5.41) is 3.04. The van der Waals surface area contributed by atoms with Crippen LogP contribution in [0.15, 0.2) is 0 Å². The maximum atomic E-state index is 11.2. The van der Waals surface area contributed by atoms with Crippen LogP contribution in [0.2, 0.25) is 0 Å². The van der Waals surface area contributed by atoms with Gasteiger partial charge in [-0.2, -0.15) is 0 Å². The molecule has 0 aromatic heterocycles. The number of rotatable bonds is 1. The molecule has 1 heterocycles. The van der Waals surface area contributed by atoms with Crippen LogP contribution in [0.25, 0.3) is 0 Å². The minimum atomic E-state index is -0.269. The van der Waals surface area contributed by atoms with Crippen LogP contribution in [0, 0.1) is 0 Å². The molecule has 5 heteroatoms. The van der Waals surface area contributed by atoms with Gasteiger partial charge in [0.15, 0.2) is 0 Å². The lowest BCUT2D eigenvalue weighted by molar-refractivity contribution is 0.0952. The Kier molecular flexibility index (Phi) is 3.31. The Labute approximate surface area is 71.8 Å². The number of nitrogens with zero attached hydrogens (tertiary/aromatic N) is 1. The minimum Gasteiger partial charge on any atom is -0.450 e. The van der Waals surface area contributed by atoms with Crippen LogP contribution in [0.5, 0.6) is 0 Å². The average molecular weight is 173 g/mol. The summed E-state index contributed by atoms with van der Waals surface area (Å²) >= 11 is 0. The molecule has 1 atom stereocenters. The van der Waals surface area contributed by atoms with E-state index in [1.165, 1.54) is 0 Å². The van der Waals surface area contributed by atoms with Crippen molar-refractivity contribution in [3.05, 3.63) is 0 Å². The predicted octanol–water partition coefficient (Wildman–Crippen LogP) is -0.667. The predicted molar refractivity (Wildman–Crippen MR) is 44.6 cm³/mol. The number of carbonyl (C=O) groups excluding carboxylic acids is 1. The highest BCUT2D eigenvalue weighted by Crippen LogP contribution is 1.98. The second-order valence-electron chi connectivity index (χ2n) is 2.71. The van der Waals surface area contributed by atoms with Gasteiger partial charge in [0, 0.05) is 13.1 Å². The van der Waals surface area contributed by atoms with E-state index in [9.17, 15) is 4.79 Å². The van der Waals surface area contributed by atoms with Gasteiger partial charge >= 0.3 is 6.09 Å². The molecule has 1 fully saturated rings. The minimum absolute atomic E-state index is 0.122. The van der Waals surface area contributed by atoms with Gasteiger partial charge in [0.2, 0.25) is 0 Å². The van der Waals surface area contributed by atoms with Gasteiger partial charge in [-0.05, 0) is 6.92 Å². The second-order valence-corrected chi connectivity index (χ2v) is 2.71. The molecule has 0 spiro atoms. The van der Waals surface area contributed by atoms with Gasteiger partial charge in [-0.3, -0.25) is 5.32 Å². The number of piperazine rings is 1. The molecule has 3 N–H and O–H groups in total. The molecule has 70 valence electrons.